The number of carbonyl (C=O) groups is 3. The molecule has 36 heavy (non-hydrogen) atoms. The summed E-state index contributed by atoms with van der Waals surface area (Å²) in [7, 11) is 0. The Hall–Kier alpha value is -1.14. The molecular formula is C30H50O5S. The van der Waals surface area contributed by atoms with Crippen LogP contribution in [0.4, 0.5) is 0 Å². The minimum atomic E-state index is -0.704. The molecule has 0 aliphatic heterocycles. The van der Waals surface area contributed by atoms with Gasteiger partial charge in [-0.3, -0.25) is 14.4 Å². The molecule has 2 N–H and O–H groups in total. The number of carboxylic acids is 1. The van der Waals surface area contributed by atoms with Crippen molar-refractivity contribution in [1.82, 2.24) is 0 Å². The van der Waals surface area contributed by atoms with Crippen LogP contribution in [0.2, 0.25) is 0 Å². The second-order valence-electron chi connectivity index (χ2n) is 12.2. The van der Waals surface area contributed by atoms with Crippen molar-refractivity contribution in [3.8, 4) is 0 Å². The van der Waals surface area contributed by atoms with Crippen LogP contribution in [0.5, 0.6) is 0 Å². The highest BCUT2D eigenvalue weighted by molar-refractivity contribution is 7.80. The standard InChI is InChI=1S/C30H50O5S/c1-20-13-22(3)30(35)27(14-20)28(32)17-23-15-25(31)18-24(19-26(36)16-23)21(2)11-9-7-5-4-6-8-10-12-29(33)34/h20-24,27-28,32H,4-19H2,1-3H3,(H,33,34)/t20-,21?,22-,23?,24?,27?,28+/m0/s1. The number of Topliss-reactive ketones (excluding diaryl/α,β-unsaturated/α-hetero) is 2. The Labute approximate surface area is 224 Å². The molecule has 0 saturated heterocycles. The Bertz CT molecular complexity index is 715. The molecule has 4 unspecified atom stereocenters. The topological polar surface area (TPSA) is 91.7 Å². The SMILES string of the molecule is CC(CCCCCCCCCC(=O)O)C1CC(=O)CC(C[C@@H](O)C2C[C@@H](C)C[C@H](C)C2=O)CC(=S)C1. The third-order valence-corrected chi connectivity index (χ3v) is 9.00. The third kappa shape index (κ3) is 11.1. The lowest BCUT2D eigenvalue weighted by atomic mass is 9.71. The fraction of sp³-hybridized carbons (Fsp3) is 0.867. The van der Waals surface area contributed by atoms with E-state index < -0.39 is 12.1 Å². The summed E-state index contributed by atoms with van der Waals surface area (Å²) in [6, 6.07) is 0. The number of aliphatic hydroxyl groups excluding tert-OH is 1. The number of ketones is 2. The number of carboxylic acid groups (broad SMARTS) is 1. The van der Waals surface area contributed by atoms with Gasteiger partial charge in [-0.05, 0) is 67.1 Å². The highest BCUT2D eigenvalue weighted by Gasteiger charge is 2.38. The van der Waals surface area contributed by atoms with Gasteiger partial charge in [-0.2, -0.15) is 0 Å². The summed E-state index contributed by atoms with van der Waals surface area (Å²) in [5.74, 6) is 0.757. The van der Waals surface area contributed by atoms with Crippen LogP contribution >= 0.6 is 12.2 Å². The zero-order chi connectivity index (χ0) is 26.7. The van der Waals surface area contributed by atoms with Crippen LogP contribution in [0.1, 0.15) is 124 Å². The number of carbonyl (C=O) groups excluding carboxylic acids is 2. The monoisotopic (exact) mass is 522 g/mol. The molecule has 0 amide bonds. The first-order valence-electron chi connectivity index (χ1n) is 14.5. The maximum atomic E-state index is 12.9. The molecule has 6 heteroatoms. The van der Waals surface area contributed by atoms with Gasteiger partial charge < -0.3 is 10.2 Å². The molecule has 0 bridgehead atoms. The van der Waals surface area contributed by atoms with Crippen LogP contribution in [0.3, 0.4) is 0 Å². The predicted molar refractivity (Wildman–Crippen MR) is 148 cm³/mol. The highest BCUT2D eigenvalue weighted by Crippen LogP contribution is 2.36. The molecule has 206 valence electrons. The molecule has 0 aromatic heterocycles. The first-order valence-corrected chi connectivity index (χ1v) is 14.9. The number of aliphatic hydroxyl groups is 1. The van der Waals surface area contributed by atoms with E-state index in [-0.39, 0.29) is 35.7 Å². The van der Waals surface area contributed by atoms with Crippen molar-refractivity contribution in [2.75, 3.05) is 0 Å². The van der Waals surface area contributed by atoms with Gasteiger partial charge in [0.1, 0.15) is 11.6 Å². The molecule has 2 rings (SSSR count). The van der Waals surface area contributed by atoms with E-state index in [1.54, 1.807) is 0 Å². The van der Waals surface area contributed by atoms with Crippen LogP contribution in [0.25, 0.3) is 0 Å². The molecular weight excluding hydrogens is 472 g/mol. The van der Waals surface area contributed by atoms with E-state index in [0.29, 0.717) is 43.4 Å². The van der Waals surface area contributed by atoms with E-state index in [4.69, 9.17) is 17.3 Å². The zero-order valence-corrected chi connectivity index (χ0v) is 23.7. The zero-order valence-electron chi connectivity index (χ0n) is 22.9. The van der Waals surface area contributed by atoms with Crippen LogP contribution in [-0.4, -0.2) is 38.7 Å². The molecule has 0 aromatic carbocycles. The average Bonchev–Trinajstić information content (AvgIpc) is 2.78. The van der Waals surface area contributed by atoms with Gasteiger partial charge in [-0.15, -0.1) is 0 Å². The van der Waals surface area contributed by atoms with Gasteiger partial charge in [-0.1, -0.05) is 77.9 Å². The van der Waals surface area contributed by atoms with E-state index in [9.17, 15) is 19.5 Å². The Morgan fingerprint density at radius 3 is 2.25 bits per heavy atom. The smallest absolute Gasteiger partial charge is 0.303 e. The van der Waals surface area contributed by atoms with Crippen molar-refractivity contribution in [3.63, 3.8) is 0 Å². The largest absolute Gasteiger partial charge is 0.481 e. The fourth-order valence-electron chi connectivity index (χ4n) is 6.55. The van der Waals surface area contributed by atoms with Crippen LogP contribution in [-0.2, 0) is 14.4 Å². The van der Waals surface area contributed by atoms with E-state index in [2.05, 4.69) is 13.8 Å². The Balaban J connectivity index is 1.72. The van der Waals surface area contributed by atoms with Gasteiger partial charge in [0.15, 0.2) is 0 Å². The van der Waals surface area contributed by atoms with E-state index in [1.165, 1.54) is 12.8 Å². The second kappa shape index (κ2) is 16.0. The van der Waals surface area contributed by atoms with Gasteiger partial charge in [0.25, 0.3) is 0 Å². The lowest BCUT2D eigenvalue weighted by molar-refractivity contribution is -0.137. The minimum absolute atomic E-state index is 0.0134. The first kappa shape index (κ1) is 31.1. The number of thiocarbonyl (C=S) groups is 1. The van der Waals surface area contributed by atoms with Crippen molar-refractivity contribution < 1.29 is 24.6 Å². The molecule has 2 saturated carbocycles. The summed E-state index contributed by atoms with van der Waals surface area (Å²) >= 11 is 5.76. The molecule has 0 heterocycles. The highest BCUT2D eigenvalue weighted by atomic mass is 32.1. The Morgan fingerprint density at radius 1 is 0.944 bits per heavy atom. The van der Waals surface area contributed by atoms with Crippen molar-refractivity contribution in [1.29, 1.82) is 0 Å². The number of unbranched alkanes of at least 4 members (excludes halogenated alkanes) is 6. The molecule has 2 aliphatic carbocycles. The average molecular weight is 523 g/mol. The number of aliphatic carboxylic acids is 1. The normalized spacial score (nSPS) is 29.4. The number of hydrogen-bond acceptors (Lipinski definition) is 5. The third-order valence-electron chi connectivity index (χ3n) is 8.67. The van der Waals surface area contributed by atoms with Gasteiger partial charge in [0.2, 0.25) is 0 Å². The van der Waals surface area contributed by atoms with Crippen molar-refractivity contribution in [2.24, 2.45) is 35.5 Å². The number of hydrogen-bond donors (Lipinski definition) is 2. The molecule has 0 radical (unpaired) electrons. The van der Waals surface area contributed by atoms with Crippen LogP contribution in [0.15, 0.2) is 0 Å². The lowest BCUT2D eigenvalue weighted by Crippen LogP contribution is -2.39. The summed E-state index contributed by atoms with van der Waals surface area (Å²) in [6.45, 7) is 6.38. The van der Waals surface area contributed by atoms with E-state index in [0.717, 1.165) is 62.7 Å². The van der Waals surface area contributed by atoms with Crippen LogP contribution in [0, 0.1) is 35.5 Å². The second-order valence-corrected chi connectivity index (χ2v) is 12.8. The maximum absolute atomic E-state index is 12.9. The van der Waals surface area contributed by atoms with E-state index in [1.807, 2.05) is 6.92 Å². The summed E-state index contributed by atoms with van der Waals surface area (Å²) in [6.07, 6.45) is 13.0. The van der Waals surface area contributed by atoms with Crippen LogP contribution < -0.4 is 0 Å². The summed E-state index contributed by atoms with van der Waals surface area (Å²) in [5, 5.41) is 19.6. The molecule has 7 atom stereocenters. The molecule has 2 aliphatic rings. The van der Waals surface area contributed by atoms with E-state index >= 15 is 0 Å². The van der Waals surface area contributed by atoms with Crippen molar-refractivity contribution >= 4 is 34.6 Å². The van der Waals surface area contributed by atoms with Gasteiger partial charge >= 0.3 is 5.97 Å². The quantitative estimate of drug-likeness (QED) is 0.189. The molecule has 0 aromatic rings. The summed E-state index contributed by atoms with van der Waals surface area (Å²) in [4.78, 5) is 37.1. The maximum Gasteiger partial charge on any atom is 0.303 e. The van der Waals surface area contributed by atoms with Crippen molar-refractivity contribution in [3.05, 3.63) is 0 Å². The lowest BCUT2D eigenvalue weighted by Gasteiger charge is -2.35. The molecule has 2 fully saturated rings. The molecule has 0 spiro atoms. The predicted octanol–water partition coefficient (Wildman–Crippen LogP) is 6.97. The Kier molecular flexibility index (Phi) is 13.8. The first-order chi connectivity index (χ1) is 17.1. The minimum Gasteiger partial charge on any atom is -0.481 e. The Morgan fingerprint density at radius 2 is 1.58 bits per heavy atom. The number of rotatable bonds is 14. The fourth-order valence-corrected chi connectivity index (χ4v) is 7.00. The van der Waals surface area contributed by atoms with Gasteiger partial charge in [0.05, 0.1) is 6.10 Å². The van der Waals surface area contributed by atoms with Crippen molar-refractivity contribution in [2.45, 2.75) is 130 Å². The van der Waals surface area contributed by atoms with Gasteiger partial charge in [0, 0.05) is 31.1 Å². The molecule has 5 nitrogen and oxygen atoms in total. The summed E-state index contributed by atoms with van der Waals surface area (Å²) < 4.78 is 0. The summed E-state index contributed by atoms with van der Waals surface area (Å²) in [5.41, 5.74) is 0. The van der Waals surface area contributed by atoms with Gasteiger partial charge in [-0.25, -0.2) is 0 Å².